The van der Waals surface area contributed by atoms with Gasteiger partial charge >= 0.3 is 0 Å². The Morgan fingerprint density at radius 2 is 2.00 bits per heavy atom. The Kier molecular flexibility index (Phi) is 1.95. The van der Waals surface area contributed by atoms with Gasteiger partial charge in [0, 0.05) is 6.04 Å². The summed E-state index contributed by atoms with van der Waals surface area (Å²) in [7, 11) is 0. The number of rotatable bonds is 1. The molecule has 2 saturated heterocycles. The zero-order valence-electron chi connectivity index (χ0n) is 6.83. The zero-order valence-corrected chi connectivity index (χ0v) is 6.83. The molecule has 0 aromatic carbocycles. The molecule has 0 aromatic rings. The summed E-state index contributed by atoms with van der Waals surface area (Å²) in [5.74, 6) is 0. The summed E-state index contributed by atoms with van der Waals surface area (Å²) in [5.41, 5.74) is 0. The van der Waals surface area contributed by atoms with Gasteiger partial charge in [-0.15, -0.1) is 0 Å². The number of nitrogens with zero attached hydrogens (tertiary/aromatic N) is 1. The summed E-state index contributed by atoms with van der Waals surface area (Å²) in [4.78, 5) is 13.1. The molecule has 2 rings (SSSR count). The van der Waals surface area contributed by atoms with Gasteiger partial charge in [-0.3, -0.25) is 4.90 Å². The highest BCUT2D eigenvalue weighted by molar-refractivity contribution is 5.57. The number of aldehydes is 1. The summed E-state index contributed by atoms with van der Waals surface area (Å²) in [5, 5.41) is 0. The molecule has 0 radical (unpaired) electrons. The molecule has 0 bridgehead atoms. The molecule has 0 amide bonds. The molecule has 2 nitrogen and oxygen atoms in total. The van der Waals surface area contributed by atoms with Crippen molar-refractivity contribution in [3.63, 3.8) is 0 Å². The van der Waals surface area contributed by atoms with Gasteiger partial charge in [-0.05, 0) is 38.6 Å². The molecular formula is C9H15NO. The fraction of sp³-hybridized carbons (Fsp3) is 0.889. The first-order chi connectivity index (χ1) is 5.42. The van der Waals surface area contributed by atoms with Crippen LogP contribution in [0, 0.1) is 0 Å². The van der Waals surface area contributed by atoms with E-state index in [1.807, 2.05) is 0 Å². The van der Waals surface area contributed by atoms with E-state index in [-0.39, 0.29) is 6.04 Å². The smallest absolute Gasteiger partial charge is 0.137 e. The Morgan fingerprint density at radius 1 is 1.18 bits per heavy atom. The first-order valence-corrected chi connectivity index (χ1v) is 4.63. The van der Waals surface area contributed by atoms with E-state index in [4.69, 9.17) is 0 Å². The van der Waals surface area contributed by atoms with Gasteiger partial charge in [0.1, 0.15) is 6.29 Å². The first-order valence-electron chi connectivity index (χ1n) is 4.63. The van der Waals surface area contributed by atoms with Crippen molar-refractivity contribution < 1.29 is 4.79 Å². The van der Waals surface area contributed by atoms with Gasteiger partial charge in [-0.2, -0.15) is 0 Å². The van der Waals surface area contributed by atoms with Crippen LogP contribution in [0.3, 0.4) is 0 Å². The maximum absolute atomic E-state index is 10.7. The normalized spacial score (nSPS) is 38.5. The minimum Gasteiger partial charge on any atom is -0.302 e. The SMILES string of the molecule is O=C[C@@H]1CCC[C@@H]2CCCN21. The third kappa shape index (κ3) is 1.20. The van der Waals surface area contributed by atoms with E-state index >= 15 is 0 Å². The highest BCUT2D eigenvalue weighted by Gasteiger charge is 2.33. The van der Waals surface area contributed by atoms with Gasteiger partial charge in [0.05, 0.1) is 6.04 Å². The highest BCUT2D eigenvalue weighted by Crippen LogP contribution is 2.29. The van der Waals surface area contributed by atoms with Gasteiger partial charge in [0.15, 0.2) is 0 Å². The number of carbonyl (C=O) groups excluding carboxylic acids is 1. The summed E-state index contributed by atoms with van der Waals surface area (Å²) in [6, 6.07) is 1.01. The Morgan fingerprint density at radius 3 is 2.82 bits per heavy atom. The molecule has 62 valence electrons. The quantitative estimate of drug-likeness (QED) is 0.528. The number of hydrogen-bond acceptors (Lipinski definition) is 2. The van der Waals surface area contributed by atoms with Crippen LogP contribution in [0.1, 0.15) is 32.1 Å². The second kappa shape index (κ2) is 2.94. The van der Waals surface area contributed by atoms with Gasteiger partial charge in [0.25, 0.3) is 0 Å². The van der Waals surface area contributed by atoms with Crippen molar-refractivity contribution in [2.24, 2.45) is 0 Å². The van der Waals surface area contributed by atoms with E-state index in [0.29, 0.717) is 0 Å². The molecule has 0 aromatic heterocycles. The molecule has 11 heavy (non-hydrogen) atoms. The summed E-state index contributed by atoms with van der Waals surface area (Å²) < 4.78 is 0. The van der Waals surface area contributed by atoms with Crippen molar-refractivity contribution in [2.45, 2.75) is 44.2 Å². The highest BCUT2D eigenvalue weighted by atomic mass is 16.1. The van der Waals surface area contributed by atoms with Crippen molar-refractivity contribution in [3.05, 3.63) is 0 Å². The largest absolute Gasteiger partial charge is 0.302 e. The molecule has 0 N–H and O–H groups in total. The van der Waals surface area contributed by atoms with E-state index in [1.165, 1.54) is 25.7 Å². The molecule has 2 aliphatic rings. The maximum atomic E-state index is 10.7. The Bertz CT molecular complexity index is 158. The Balaban J connectivity index is 2.06. The summed E-state index contributed by atoms with van der Waals surface area (Å²) in [6.07, 6.45) is 7.44. The van der Waals surface area contributed by atoms with Crippen molar-refractivity contribution in [2.75, 3.05) is 6.54 Å². The molecule has 0 unspecified atom stereocenters. The molecule has 2 atom stereocenters. The number of carbonyl (C=O) groups is 1. The zero-order chi connectivity index (χ0) is 7.68. The van der Waals surface area contributed by atoms with Crippen LogP contribution in [0.15, 0.2) is 0 Å². The summed E-state index contributed by atoms with van der Waals surface area (Å²) in [6.45, 7) is 1.16. The minimum atomic E-state index is 0.260. The molecule has 0 saturated carbocycles. The van der Waals surface area contributed by atoms with E-state index in [1.54, 1.807) is 0 Å². The third-order valence-corrected chi connectivity index (χ3v) is 3.04. The Hall–Kier alpha value is -0.370. The lowest BCUT2D eigenvalue weighted by Gasteiger charge is -2.34. The average Bonchev–Trinajstić information content (AvgIpc) is 2.50. The van der Waals surface area contributed by atoms with Crippen molar-refractivity contribution in [1.82, 2.24) is 4.90 Å². The van der Waals surface area contributed by atoms with Crippen LogP contribution >= 0.6 is 0 Å². The second-order valence-corrected chi connectivity index (χ2v) is 3.67. The van der Waals surface area contributed by atoms with Crippen LogP contribution < -0.4 is 0 Å². The fourth-order valence-corrected chi connectivity index (χ4v) is 2.48. The topological polar surface area (TPSA) is 20.3 Å². The number of hydrogen-bond donors (Lipinski definition) is 0. The van der Waals surface area contributed by atoms with E-state index < -0.39 is 0 Å². The van der Waals surface area contributed by atoms with Crippen LogP contribution in [-0.4, -0.2) is 29.8 Å². The summed E-state index contributed by atoms with van der Waals surface area (Å²) >= 11 is 0. The van der Waals surface area contributed by atoms with E-state index in [2.05, 4.69) is 4.90 Å². The van der Waals surface area contributed by atoms with Crippen molar-refractivity contribution >= 4 is 6.29 Å². The average molecular weight is 153 g/mol. The van der Waals surface area contributed by atoms with Gasteiger partial charge in [0.2, 0.25) is 0 Å². The fourth-order valence-electron chi connectivity index (χ4n) is 2.48. The molecule has 2 aliphatic heterocycles. The minimum absolute atomic E-state index is 0.260. The standard InChI is InChI=1S/C9H15NO/c11-7-9-4-1-3-8-5-2-6-10(8)9/h7-9H,1-6H2/t8-,9+/m1/s1. The van der Waals surface area contributed by atoms with Crippen LogP contribution in [0.25, 0.3) is 0 Å². The van der Waals surface area contributed by atoms with Crippen LogP contribution in [0.5, 0.6) is 0 Å². The third-order valence-electron chi connectivity index (χ3n) is 3.04. The lowest BCUT2D eigenvalue weighted by Crippen LogP contribution is -2.43. The molecule has 2 heteroatoms. The first kappa shape index (κ1) is 7.29. The molecule has 2 heterocycles. The number of piperidine rings is 1. The maximum Gasteiger partial charge on any atom is 0.137 e. The van der Waals surface area contributed by atoms with Crippen molar-refractivity contribution in [3.8, 4) is 0 Å². The van der Waals surface area contributed by atoms with Gasteiger partial charge in [-0.25, -0.2) is 0 Å². The van der Waals surface area contributed by atoms with E-state index in [9.17, 15) is 4.79 Å². The lowest BCUT2D eigenvalue weighted by molar-refractivity contribution is -0.113. The molecule has 0 spiro atoms. The molecular weight excluding hydrogens is 138 g/mol. The van der Waals surface area contributed by atoms with Crippen molar-refractivity contribution in [1.29, 1.82) is 0 Å². The predicted molar refractivity (Wildman–Crippen MR) is 43.4 cm³/mol. The second-order valence-electron chi connectivity index (χ2n) is 3.67. The van der Waals surface area contributed by atoms with E-state index in [0.717, 1.165) is 25.3 Å². The van der Waals surface area contributed by atoms with Crippen LogP contribution in [0.4, 0.5) is 0 Å². The molecule has 0 aliphatic carbocycles. The number of fused-ring (bicyclic) bond motifs is 1. The van der Waals surface area contributed by atoms with Gasteiger partial charge in [-0.1, -0.05) is 0 Å². The molecule has 2 fully saturated rings. The Labute approximate surface area is 67.6 Å². The van der Waals surface area contributed by atoms with Crippen LogP contribution in [-0.2, 0) is 4.79 Å². The van der Waals surface area contributed by atoms with Crippen LogP contribution in [0.2, 0.25) is 0 Å². The predicted octanol–water partition coefficient (Wildman–Crippen LogP) is 1.20. The van der Waals surface area contributed by atoms with Gasteiger partial charge < -0.3 is 4.79 Å². The lowest BCUT2D eigenvalue weighted by atomic mass is 9.97. The monoisotopic (exact) mass is 153 g/mol.